The summed E-state index contributed by atoms with van der Waals surface area (Å²) in [5.74, 6) is -206. The maximum Gasteiger partial charge on any atom is 0.460 e. The minimum Gasteiger partial charge on any atom is -0.336 e. The second-order valence-electron chi connectivity index (χ2n) is 14.1. The molecule has 2 nitrogen and oxygen atoms in total. The Labute approximate surface area is 380 Å². The summed E-state index contributed by atoms with van der Waals surface area (Å²) in [5, 5.41) is 0. The largest absolute Gasteiger partial charge is 0.460 e. The average Bonchev–Trinajstić information content (AvgIpc) is 3.18. The first-order valence-corrected chi connectivity index (χ1v) is 17.4. The summed E-state index contributed by atoms with van der Waals surface area (Å²) in [4.78, 5) is 8.51. The lowest BCUT2D eigenvalue weighted by Crippen LogP contribution is -2.78. The van der Waals surface area contributed by atoms with Crippen LogP contribution in [0, 0.1) is 0 Å². The van der Waals surface area contributed by atoms with E-state index in [0.29, 0.717) is 0 Å². The smallest absolute Gasteiger partial charge is 0.336 e. The quantitative estimate of drug-likeness (QED) is 0.0866. The van der Waals surface area contributed by atoms with Gasteiger partial charge >= 0.3 is 149 Å². The molecule has 0 aliphatic carbocycles. The third-order valence-corrected chi connectivity index (χ3v) is 11.4. The lowest BCUT2D eigenvalue weighted by atomic mass is 9.85. The Balaban J connectivity index is 8.23. The van der Waals surface area contributed by atoms with Gasteiger partial charge in [0.25, 0.3) is 0 Å². The normalized spacial score (nSPS) is 17.6. The van der Waals surface area contributed by atoms with E-state index >= 15 is 0 Å². The third kappa shape index (κ3) is 8.03. The maximum absolute atomic E-state index is 14.3. The Morgan fingerprint density at radius 2 is 0.234 bits per heavy atom. The highest BCUT2D eigenvalue weighted by Gasteiger charge is 3.04. The molecular formula is C24HF50O2P. The van der Waals surface area contributed by atoms with Crippen molar-refractivity contribution in [3.05, 3.63) is 0 Å². The van der Waals surface area contributed by atoms with Crippen molar-refractivity contribution < 1.29 is 229 Å². The van der Waals surface area contributed by atoms with Crippen LogP contribution < -0.4 is 0 Å². The fourth-order valence-corrected chi connectivity index (χ4v) is 5.84. The molecule has 0 atom stereocenters. The summed E-state index contributed by atoms with van der Waals surface area (Å²) >= 11 is 0. The van der Waals surface area contributed by atoms with E-state index in [2.05, 4.69) is 0 Å². The molecule has 1 N–H and O–H groups in total. The van der Waals surface area contributed by atoms with Crippen molar-refractivity contribution in [2.45, 2.75) is 142 Å². The molecule has 0 unspecified atom stereocenters. The molecule has 0 aromatic heterocycles. The van der Waals surface area contributed by atoms with Gasteiger partial charge in [0.2, 0.25) is 0 Å². The van der Waals surface area contributed by atoms with Crippen LogP contribution in [-0.4, -0.2) is 147 Å². The number of hydrogen-bond donors (Lipinski definition) is 1. The van der Waals surface area contributed by atoms with E-state index in [1.165, 1.54) is 0 Å². The molecule has 0 aliphatic rings. The highest BCUT2D eigenvalue weighted by molar-refractivity contribution is 7.60. The van der Waals surface area contributed by atoms with E-state index in [-0.39, 0.29) is 0 Å². The zero-order valence-corrected chi connectivity index (χ0v) is 33.1. The van der Waals surface area contributed by atoms with Gasteiger partial charge in [0.15, 0.2) is 0 Å². The molecule has 0 fully saturated rings. The van der Waals surface area contributed by atoms with E-state index in [1.807, 2.05) is 0 Å². The lowest BCUT2D eigenvalue weighted by Gasteiger charge is -2.47. The maximum atomic E-state index is 14.3. The van der Waals surface area contributed by atoms with Gasteiger partial charge in [-0.15, -0.1) is 0 Å². The monoisotopic (exact) mass is 1300 g/mol. The van der Waals surface area contributed by atoms with Gasteiger partial charge in [-0.05, 0) is 0 Å². The second-order valence-corrected chi connectivity index (χ2v) is 16.4. The molecule has 77 heavy (non-hydrogen) atoms. The van der Waals surface area contributed by atoms with Crippen molar-refractivity contribution >= 4 is 7.37 Å². The lowest BCUT2D eigenvalue weighted by molar-refractivity contribution is -0.481. The van der Waals surface area contributed by atoms with E-state index in [4.69, 9.17) is 4.89 Å². The van der Waals surface area contributed by atoms with Crippen LogP contribution in [0.4, 0.5) is 220 Å². The Bertz CT molecular complexity index is 2060. The fourth-order valence-electron chi connectivity index (χ4n) is 4.45. The van der Waals surface area contributed by atoms with Crippen LogP contribution in [0.2, 0.25) is 0 Å². The predicted octanol–water partition coefficient (Wildman–Crippen LogP) is 16.3. The molecule has 0 bridgehead atoms. The fraction of sp³-hybridized carbons (Fsp3) is 1.00. The molecule has 53 heteroatoms. The second kappa shape index (κ2) is 17.4. The van der Waals surface area contributed by atoms with Crippen LogP contribution in [0.1, 0.15) is 0 Å². The van der Waals surface area contributed by atoms with Crippen molar-refractivity contribution in [3.63, 3.8) is 0 Å². The van der Waals surface area contributed by atoms with Crippen LogP contribution in [-0.2, 0) is 4.57 Å². The number of alkyl halides is 50. The van der Waals surface area contributed by atoms with Crippen LogP contribution >= 0.6 is 7.37 Å². The molecule has 0 spiro atoms. The molecule has 0 aliphatic heterocycles. The molecule has 0 rings (SSSR count). The first kappa shape index (κ1) is 73.7. The van der Waals surface area contributed by atoms with Crippen LogP contribution in [0.3, 0.4) is 0 Å². The molecule has 0 heterocycles. The van der Waals surface area contributed by atoms with E-state index in [1.54, 1.807) is 0 Å². The van der Waals surface area contributed by atoms with E-state index in [9.17, 15) is 224 Å². The summed E-state index contributed by atoms with van der Waals surface area (Å²) in [6.07, 6.45) is -17.3. The van der Waals surface area contributed by atoms with Gasteiger partial charge < -0.3 is 4.89 Å². The van der Waals surface area contributed by atoms with Crippen molar-refractivity contribution in [1.29, 1.82) is 0 Å². The van der Waals surface area contributed by atoms with Crippen molar-refractivity contribution in [1.82, 2.24) is 0 Å². The Kier molecular flexibility index (Phi) is 16.6. The van der Waals surface area contributed by atoms with E-state index in [0.717, 1.165) is 0 Å². The Morgan fingerprint density at radius 1 is 0.156 bits per heavy atom. The highest BCUT2D eigenvalue weighted by Crippen LogP contribution is 2.80. The predicted molar refractivity (Wildman–Crippen MR) is 131 cm³/mol. The molecule has 0 radical (unpaired) electrons. The van der Waals surface area contributed by atoms with Crippen molar-refractivity contribution in [2.75, 3.05) is 0 Å². The molecule has 464 valence electrons. The third-order valence-electron chi connectivity index (χ3n) is 9.33. The Hall–Kier alpha value is -3.31. The van der Waals surface area contributed by atoms with Gasteiger partial charge in [0.1, 0.15) is 0 Å². The molecule has 0 aromatic rings. The number of rotatable bonds is 22. The van der Waals surface area contributed by atoms with Gasteiger partial charge in [-0.3, -0.25) is 4.57 Å². The number of halogens is 50. The molecule has 0 aromatic carbocycles. The number of hydrogen-bond acceptors (Lipinski definition) is 1. The van der Waals surface area contributed by atoms with Gasteiger partial charge in [-0.25, -0.2) is 0 Å². The minimum atomic E-state index is -12.0. The summed E-state index contributed by atoms with van der Waals surface area (Å²) in [6.45, 7) is 0. The molecule has 0 saturated heterocycles. The summed E-state index contributed by atoms with van der Waals surface area (Å²) in [7, 11) is -12.0. The average molecular weight is 1300 g/mol. The van der Waals surface area contributed by atoms with Gasteiger partial charge in [0, 0.05) is 0 Å². The van der Waals surface area contributed by atoms with Crippen LogP contribution in [0.5, 0.6) is 0 Å². The van der Waals surface area contributed by atoms with Crippen LogP contribution in [0.15, 0.2) is 0 Å². The van der Waals surface area contributed by atoms with E-state index < -0.39 is 149 Å². The topological polar surface area (TPSA) is 37.3 Å². The Morgan fingerprint density at radius 3 is 0.325 bits per heavy atom. The minimum absolute atomic E-state index is 8.51. The van der Waals surface area contributed by atoms with Gasteiger partial charge in [0.05, 0.1) is 0 Å². The first-order valence-electron chi connectivity index (χ1n) is 15.8. The zero-order valence-electron chi connectivity index (χ0n) is 32.2. The summed E-state index contributed by atoms with van der Waals surface area (Å²) in [5.41, 5.74) is -21.1. The molecular weight excluding hydrogens is 1300 g/mol. The van der Waals surface area contributed by atoms with Gasteiger partial charge in [-0.1, -0.05) is 0 Å². The van der Waals surface area contributed by atoms with Gasteiger partial charge in [-0.2, -0.15) is 220 Å². The zero-order chi connectivity index (χ0) is 64.5. The van der Waals surface area contributed by atoms with Crippen molar-refractivity contribution in [2.24, 2.45) is 0 Å². The first-order chi connectivity index (χ1) is 32.0. The molecule has 0 saturated carbocycles. The summed E-state index contributed by atoms with van der Waals surface area (Å²) < 4.78 is 692. The standard InChI is InChI=1S/C24HF50O2P/c25-1(26,5(33,34)9(41,42)13(49,50)17(57,58)21(65,66)67)3(29,30)7(37,38)11(45,46)15(53,54)19(61,62)23(71,72)77(75,76)24(73,74)20(63,64)16(55,56)12(47,48)8(39,40)4(31,32)2(27,28)6(35,36)10(43,44)14(51,52)18(59,60)22(68,69)70/h(H,75,76). The molecule has 0 amide bonds. The van der Waals surface area contributed by atoms with Crippen LogP contribution in [0.25, 0.3) is 0 Å². The summed E-state index contributed by atoms with van der Waals surface area (Å²) in [6, 6.07) is 0. The SMILES string of the molecule is O=P(O)(C(F)(F)C(F)(F)C(F)(F)C(F)(F)C(F)(F)C(F)(F)C(F)(F)C(F)(F)C(F)(F)C(F)(F)C(F)(F)C(F)(F)F)C(F)(F)C(F)(F)C(F)(F)C(F)(F)C(F)(F)C(F)(F)C(F)(F)C(F)(F)C(F)(F)C(F)(F)C(F)(F)C(F)(F)F. The van der Waals surface area contributed by atoms with Crippen molar-refractivity contribution in [3.8, 4) is 0 Å². The highest BCUT2D eigenvalue weighted by atomic mass is 31.2.